The summed E-state index contributed by atoms with van der Waals surface area (Å²) in [7, 11) is -1.48. The number of alkyl halides is 1. The summed E-state index contributed by atoms with van der Waals surface area (Å²) in [6, 6.07) is 8.05. The molecule has 9 nitrogen and oxygen atoms in total. The van der Waals surface area contributed by atoms with Gasteiger partial charge in [0.2, 0.25) is 5.95 Å². The molecule has 2 aliphatic rings. The third kappa shape index (κ3) is 5.79. The summed E-state index contributed by atoms with van der Waals surface area (Å²) in [4.78, 5) is 18.2. The van der Waals surface area contributed by atoms with Crippen molar-refractivity contribution in [3.63, 3.8) is 0 Å². The van der Waals surface area contributed by atoms with Crippen LogP contribution in [0, 0.1) is 5.92 Å². The number of sulfone groups is 1. The van der Waals surface area contributed by atoms with E-state index in [-0.39, 0.29) is 36.3 Å². The molecule has 2 saturated heterocycles. The van der Waals surface area contributed by atoms with E-state index in [0.717, 1.165) is 27.8 Å². The monoisotopic (exact) mass is 556 g/mol. The number of piperidine rings is 1. The van der Waals surface area contributed by atoms with E-state index in [9.17, 15) is 12.8 Å². The summed E-state index contributed by atoms with van der Waals surface area (Å²) in [5, 5.41) is 4.25. The number of methoxy groups -OCH3 is 1. The molecule has 2 fully saturated rings. The van der Waals surface area contributed by atoms with Gasteiger partial charge in [0.25, 0.3) is 0 Å². The largest absolute Gasteiger partial charge is 0.378 e. The van der Waals surface area contributed by atoms with Crippen LogP contribution in [-0.4, -0.2) is 80.4 Å². The number of halogens is 1. The molecule has 0 aliphatic carbocycles. The number of fused-ring (bicyclic) bond motifs is 1. The molecule has 2 aliphatic heterocycles. The molecule has 210 valence electrons. The molecule has 0 saturated carbocycles. The standard InChI is InChI=1S/C28H37FN6O3S/c1-17(2)21-6-7-24(35-14-19(18(35)3)16-39(5,36)37)22-13-31-28(33-27(21)22)32-20-8-10-30-26(12-20)34-11-9-25(38-4)23(29)15-34/h6-8,10,12-13,17-19,23,25H,9,11,14-16H2,1-5H3,(H,30,31,32,33)/t18-,19-,23+,25-/m1/s1. The molecular weight excluding hydrogens is 519 g/mol. The fourth-order valence-corrected chi connectivity index (χ4v) is 6.81. The van der Waals surface area contributed by atoms with E-state index < -0.39 is 16.0 Å². The molecule has 0 radical (unpaired) electrons. The van der Waals surface area contributed by atoms with Crippen molar-refractivity contribution in [2.75, 3.05) is 53.9 Å². The van der Waals surface area contributed by atoms with Crippen LogP contribution in [0.15, 0.2) is 36.7 Å². The Labute approximate surface area is 229 Å². The van der Waals surface area contributed by atoms with Gasteiger partial charge in [-0.05, 0) is 37.0 Å². The molecule has 1 N–H and O–H groups in total. The Balaban J connectivity index is 1.40. The van der Waals surface area contributed by atoms with E-state index in [2.05, 4.69) is 53.1 Å². The van der Waals surface area contributed by atoms with Crippen LogP contribution in [-0.2, 0) is 14.6 Å². The zero-order valence-electron chi connectivity index (χ0n) is 23.1. The van der Waals surface area contributed by atoms with E-state index in [4.69, 9.17) is 9.72 Å². The normalized spacial score (nSPS) is 23.8. The average molecular weight is 557 g/mol. The van der Waals surface area contributed by atoms with Crippen molar-refractivity contribution < 1.29 is 17.5 Å². The van der Waals surface area contributed by atoms with Gasteiger partial charge in [0.05, 0.1) is 23.9 Å². The number of anilines is 4. The number of nitrogens with zero attached hydrogens (tertiary/aromatic N) is 5. The van der Waals surface area contributed by atoms with E-state index in [1.54, 1.807) is 13.3 Å². The van der Waals surface area contributed by atoms with Gasteiger partial charge in [0.1, 0.15) is 21.8 Å². The van der Waals surface area contributed by atoms with Crippen LogP contribution >= 0.6 is 0 Å². The molecule has 4 heterocycles. The molecule has 0 bridgehead atoms. The number of rotatable bonds is 8. The number of benzene rings is 1. The maximum Gasteiger partial charge on any atom is 0.227 e. The van der Waals surface area contributed by atoms with Crippen molar-refractivity contribution in [1.82, 2.24) is 15.0 Å². The van der Waals surface area contributed by atoms with Crippen LogP contribution in [0.5, 0.6) is 0 Å². The highest BCUT2D eigenvalue weighted by atomic mass is 32.2. The Morgan fingerprint density at radius 3 is 2.67 bits per heavy atom. The van der Waals surface area contributed by atoms with E-state index in [1.165, 1.54) is 6.26 Å². The SMILES string of the molecule is CO[C@@H]1CCN(c2cc(Nc3ncc4c(N5C[C@H](CS(C)(=O)=O)[C@H]5C)ccc(C(C)C)c4n3)ccn2)C[C@@H]1F. The number of hydrogen-bond donors (Lipinski definition) is 1. The topological polar surface area (TPSA) is 101 Å². The first-order valence-electron chi connectivity index (χ1n) is 13.4. The van der Waals surface area contributed by atoms with Crippen molar-refractivity contribution in [3.05, 3.63) is 42.2 Å². The van der Waals surface area contributed by atoms with Crippen molar-refractivity contribution in [1.29, 1.82) is 0 Å². The lowest BCUT2D eigenvalue weighted by Gasteiger charge is -2.48. The van der Waals surface area contributed by atoms with Gasteiger partial charge >= 0.3 is 0 Å². The summed E-state index contributed by atoms with van der Waals surface area (Å²) in [5.74, 6) is 1.72. The number of nitrogens with one attached hydrogen (secondary N) is 1. The molecule has 5 rings (SSSR count). The molecule has 1 aromatic carbocycles. The highest BCUT2D eigenvalue weighted by molar-refractivity contribution is 7.90. The van der Waals surface area contributed by atoms with Gasteiger partial charge in [-0.2, -0.15) is 0 Å². The number of aromatic nitrogens is 3. The van der Waals surface area contributed by atoms with Gasteiger partial charge in [0.15, 0.2) is 0 Å². The lowest BCUT2D eigenvalue weighted by molar-refractivity contribution is 0.0195. The quantitative estimate of drug-likeness (QED) is 0.435. The van der Waals surface area contributed by atoms with Crippen LogP contribution in [0.1, 0.15) is 38.7 Å². The van der Waals surface area contributed by atoms with Gasteiger partial charge < -0.3 is 19.9 Å². The molecule has 0 unspecified atom stereocenters. The van der Waals surface area contributed by atoms with Gasteiger partial charge in [-0.1, -0.05) is 19.9 Å². The Bertz CT molecular complexity index is 1450. The minimum Gasteiger partial charge on any atom is -0.378 e. The molecule has 0 spiro atoms. The fourth-order valence-electron chi connectivity index (χ4n) is 5.64. The number of ether oxygens (including phenoxy) is 1. The molecule has 0 amide bonds. The maximum absolute atomic E-state index is 14.5. The molecule has 11 heteroatoms. The first-order chi connectivity index (χ1) is 18.5. The summed E-state index contributed by atoms with van der Waals surface area (Å²) in [5.41, 5.74) is 3.77. The Morgan fingerprint density at radius 2 is 2.00 bits per heavy atom. The Hall–Kier alpha value is -3.05. The first kappa shape index (κ1) is 27.5. The zero-order chi connectivity index (χ0) is 27.9. The van der Waals surface area contributed by atoms with Crippen molar-refractivity contribution >= 4 is 43.9 Å². The number of pyridine rings is 1. The van der Waals surface area contributed by atoms with Crippen LogP contribution in [0.2, 0.25) is 0 Å². The van der Waals surface area contributed by atoms with Crippen LogP contribution in [0.4, 0.5) is 27.5 Å². The molecule has 3 aromatic rings. The molecular formula is C28H37FN6O3S. The van der Waals surface area contributed by atoms with Crippen molar-refractivity contribution in [3.8, 4) is 0 Å². The summed E-state index contributed by atoms with van der Waals surface area (Å²) < 4.78 is 43.3. The Morgan fingerprint density at radius 1 is 1.21 bits per heavy atom. The zero-order valence-corrected chi connectivity index (χ0v) is 23.9. The molecule has 39 heavy (non-hydrogen) atoms. The lowest BCUT2D eigenvalue weighted by atomic mass is 9.89. The third-order valence-corrected chi connectivity index (χ3v) is 8.96. The summed E-state index contributed by atoms with van der Waals surface area (Å²) >= 11 is 0. The van der Waals surface area contributed by atoms with E-state index >= 15 is 0 Å². The second-order valence-corrected chi connectivity index (χ2v) is 13.3. The highest BCUT2D eigenvalue weighted by Crippen LogP contribution is 2.38. The predicted octanol–water partition coefficient (Wildman–Crippen LogP) is 4.32. The lowest BCUT2D eigenvalue weighted by Crippen LogP contribution is -2.57. The molecule has 4 atom stereocenters. The van der Waals surface area contributed by atoms with E-state index in [1.807, 2.05) is 23.2 Å². The Kier molecular flexibility index (Phi) is 7.65. The maximum atomic E-state index is 14.5. The predicted molar refractivity (Wildman–Crippen MR) is 154 cm³/mol. The van der Waals surface area contributed by atoms with Crippen molar-refractivity contribution in [2.45, 2.75) is 51.4 Å². The van der Waals surface area contributed by atoms with Gasteiger partial charge in [-0.15, -0.1) is 0 Å². The van der Waals surface area contributed by atoms with Gasteiger partial charge in [0, 0.05) is 73.6 Å². The second-order valence-electron chi connectivity index (χ2n) is 11.1. The minimum absolute atomic E-state index is 0.107. The average Bonchev–Trinajstić information content (AvgIpc) is 2.89. The fraction of sp³-hybridized carbons (Fsp3) is 0.536. The summed E-state index contributed by atoms with van der Waals surface area (Å²) in [6.07, 6.45) is 4.00. The van der Waals surface area contributed by atoms with Crippen LogP contribution < -0.4 is 15.1 Å². The van der Waals surface area contributed by atoms with Crippen LogP contribution in [0.3, 0.4) is 0 Å². The van der Waals surface area contributed by atoms with Gasteiger partial charge in [-0.25, -0.2) is 27.8 Å². The second kappa shape index (κ2) is 10.8. The first-order valence-corrected chi connectivity index (χ1v) is 15.5. The summed E-state index contributed by atoms with van der Waals surface area (Å²) in [6.45, 7) is 7.94. The van der Waals surface area contributed by atoms with Crippen LogP contribution in [0.25, 0.3) is 10.9 Å². The number of hydrogen-bond acceptors (Lipinski definition) is 9. The third-order valence-electron chi connectivity index (χ3n) is 7.92. The smallest absolute Gasteiger partial charge is 0.227 e. The van der Waals surface area contributed by atoms with E-state index in [0.29, 0.717) is 31.3 Å². The minimum atomic E-state index is -3.03. The van der Waals surface area contributed by atoms with Gasteiger partial charge in [-0.3, -0.25) is 0 Å². The van der Waals surface area contributed by atoms with Crippen molar-refractivity contribution in [2.24, 2.45) is 5.92 Å². The molecule has 2 aromatic heterocycles. The highest BCUT2D eigenvalue weighted by Gasteiger charge is 2.38.